The average molecular weight is 177 g/mol. The summed E-state index contributed by atoms with van der Waals surface area (Å²) in [6, 6.07) is 1.40. The monoisotopic (exact) mass is 176 g/mol. The SMILES string of the molecule is C[N+](CCl)(CCl)CCl. The normalized spacial score (nSPS) is 12.0. The minimum atomic E-state index is 0.465. The van der Waals surface area contributed by atoms with E-state index in [0.717, 1.165) is 0 Å². The van der Waals surface area contributed by atoms with Crippen LogP contribution in [0.5, 0.6) is 0 Å². The van der Waals surface area contributed by atoms with Gasteiger partial charge in [-0.2, -0.15) is 0 Å². The second-order valence-corrected chi connectivity index (χ2v) is 2.70. The Kier molecular flexibility index (Phi) is 4.17. The summed E-state index contributed by atoms with van der Waals surface area (Å²) < 4.78 is 0.505. The number of nitrogens with zero attached hydrogens (tertiary/aromatic N) is 1. The number of alkyl halides is 3. The van der Waals surface area contributed by atoms with Gasteiger partial charge < -0.3 is 0 Å². The Hall–Kier alpha value is 0.830. The molecule has 0 saturated carbocycles. The van der Waals surface area contributed by atoms with E-state index in [1.807, 2.05) is 7.05 Å². The van der Waals surface area contributed by atoms with Crippen LogP contribution in [-0.4, -0.2) is 29.5 Å². The average Bonchev–Trinajstić information content (AvgIpc) is 1.87. The van der Waals surface area contributed by atoms with Crippen LogP contribution < -0.4 is 0 Å². The molecule has 0 aliphatic rings. The van der Waals surface area contributed by atoms with Crippen molar-refractivity contribution in [1.29, 1.82) is 0 Å². The first-order chi connectivity index (χ1) is 3.68. The van der Waals surface area contributed by atoms with Crippen LogP contribution in [0.25, 0.3) is 0 Å². The van der Waals surface area contributed by atoms with Gasteiger partial charge in [0, 0.05) is 0 Å². The van der Waals surface area contributed by atoms with Gasteiger partial charge in [0.1, 0.15) is 0 Å². The van der Waals surface area contributed by atoms with Crippen LogP contribution in [0.3, 0.4) is 0 Å². The van der Waals surface area contributed by atoms with E-state index in [1.165, 1.54) is 0 Å². The second-order valence-electron chi connectivity index (χ2n) is 1.98. The zero-order valence-corrected chi connectivity index (χ0v) is 6.97. The third-order valence-electron chi connectivity index (χ3n) is 0.866. The molecule has 0 aromatic carbocycles. The predicted octanol–water partition coefficient (Wildman–Crippen LogP) is 2.02. The number of rotatable bonds is 3. The third-order valence-corrected chi connectivity index (χ3v) is 2.60. The van der Waals surface area contributed by atoms with Gasteiger partial charge in [0.25, 0.3) is 0 Å². The van der Waals surface area contributed by atoms with E-state index in [4.69, 9.17) is 34.8 Å². The lowest BCUT2D eigenvalue weighted by molar-refractivity contribution is -0.876. The molecule has 4 heteroatoms. The van der Waals surface area contributed by atoms with Gasteiger partial charge in [-0.25, -0.2) is 0 Å². The Morgan fingerprint density at radius 2 is 1.25 bits per heavy atom. The molecule has 0 aliphatic carbocycles. The Morgan fingerprint density at radius 3 is 1.25 bits per heavy atom. The van der Waals surface area contributed by atoms with Gasteiger partial charge in [-0.15, -0.1) is 0 Å². The predicted molar refractivity (Wildman–Crippen MR) is 38.3 cm³/mol. The molecule has 0 amide bonds. The first-order valence-electron chi connectivity index (χ1n) is 2.20. The Bertz CT molecular complexity index is 54.0. The lowest BCUT2D eigenvalue weighted by Gasteiger charge is -2.25. The molecule has 50 valence electrons. The minimum Gasteiger partial charge on any atom is -0.288 e. The van der Waals surface area contributed by atoms with Crippen molar-refractivity contribution in [3.05, 3.63) is 0 Å². The standard InChI is InChI=1S/C4H9Cl3N/c1-8(2-5,3-6)4-7/h2-4H2,1H3/q+1. The summed E-state index contributed by atoms with van der Waals surface area (Å²) >= 11 is 16.5. The Labute approximate surface area is 64.7 Å². The van der Waals surface area contributed by atoms with Gasteiger partial charge in [-0.05, 0) is 0 Å². The van der Waals surface area contributed by atoms with Crippen molar-refractivity contribution in [2.45, 2.75) is 0 Å². The molecule has 0 N–H and O–H groups in total. The smallest absolute Gasteiger partial charge is 0.156 e. The molecule has 0 aliphatic heterocycles. The maximum Gasteiger partial charge on any atom is 0.156 e. The highest BCUT2D eigenvalue weighted by Crippen LogP contribution is 2.06. The zero-order valence-electron chi connectivity index (χ0n) is 4.70. The molecule has 0 fully saturated rings. The fraction of sp³-hybridized carbons (Fsp3) is 1.00. The molecule has 0 radical (unpaired) electrons. The highest BCUT2D eigenvalue weighted by molar-refractivity contribution is 6.20. The second kappa shape index (κ2) is 3.78. The van der Waals surface area contributed by atoms with E-state index >= 15 is 0 Å². The molecule has 0 saturated heterocycles. The van der Waals surface area contributed by atoms with E-state index in [9.17, 15) is 0 Å². The molecular formula is C4H9Cl3N+. The topological polar surface area (TPSA) is 0 Å². The van der Waals surface area contributed by atoms with Crippen molar-refractivity contribution in [1.82, 2.24) is 0 Å². The van der Waals surface area contributed by atoms with Crippen molar-refractivity contribution in [2.75, 3.05) is 25.1 Å². The molecule has 0 spiro atoms. The van der Waals surface area contributed by atoms with Gasteiger partial charge in [-0.1, -0.05) is 34.8 Å². The Morgan fingerprint density at radius 1 is 1.00 bits per heavy atom. The minimum absolute atomic E-state index is 0.465. The quantitative estimate of drug-likeness (QED) is 0.352. The zero-order chi connectivity index (χ0) is 6.62. The van der Waals surface area contributed by atoms with Crippen LogP contribution >= 0.6 is 34.8 Å². The first-order valence-corrected chi connectivity index (χ1v) is 3.80. The lowest BCUT2D eigenvalue weighted by atomic mass is 10.8. The van der Waals surface area contributed by atoms with Crippen molar-refractivity contribution in [3.8, 4) is 0 Å². The van der Waals surface area contributed by atoms with Gasteiger partial charge in [0.2, 0.25) is 0 Å². The van der Waals surface area contributed by atoms with Crippen LogP contribution in [0.2, 0.25) is 0 Å². The summed E-state index contributed by atoms with van der Waals surface area (Å²) in [5.41, 5.74) is 0. The summed E-state index contributed by atoms with van der Waals surface area (Å²) in [5.74, 6) is 0. The molecule has 8 heavy (non-hydrogen) atoms. The van der Waals surface area contributed by atoms with Crippen molar-refractivity contribution in [3.63, 3.8) is 0 Å². The highest BCUT2D eigenvalue weighted by atomic mass is 35.5. The molecule has 0 bridgehead atoms. The number of quaternary nitrogens is 1. The third kappa shape index (κ3) is 2.40. The Balaban J connectivity index is 3.58. The highest BCUT2D eigenvalue weighted by Gasteiger charge is 2.15. The van der Waals surface area contributed by atoms with Gasteiger partial charge in [0.15, 0.2) is 18.0 Å². The molecule has 1 nitrogen and oxygen atoms in total. The molecule has 0 atom stereocenters. The van der Waals surface area contributed by atoms with Gasteiger partial charge >= 0.3 is 0 Å². The van der Waals surface area contributed by atoms with Crippen LogP contribution in [-0.2, 0) is 0 Å². The summed E-state index contributed by atoms with van der Waals surface area (Å²) in [7, 11) is 1.90. The van der Waals surface area contributed by atoms with Crippen LogP contribution in [0.15, 0.2) is 0 Å². The molecule has 0 heterocycles. The maximum atomic E-state index is 5.51. The summed E-state index contributed by atoms with van der Waals surface area (Å²) in [6.45, 7) is 0. The summed E-state index contributed by atoms with van der Waals surface area (Å²) in [5, 5.41) is 0. The van der Waals surface area contributed by atoms with Crippen LogP contribution in [0.4, 0.5) is 0 Å². The first kappa shape index (κ1) is 8.83. The summed E-state index contributed by atoms with van der Waals surface area (Å²) in [4.78, 5) is 0. The van der Waals surface area contributed by atoms with Crippen molar-refractivity contribution >= 4 is 34.8 Å². The fourth-order valence-corrected chi connectivity index (χ4v) is 0.862. The summed E-state index contributed by atoms with van der Waals surface area (Å²) in [6.07, 6.45) is 0. The largest absolute Gasteiger partial charge is 0.288 e. The van der Waals surface area contributed by atoms with E-state index in [-0.39, 0.29) is 0 Å². The number of hydrogen-bond acceptors (Lipinski definition) is 0. The van der Waals surface area contributed by atoms with Crippen LogP contribution in [0, 0.1) is 0 Å². The molecule has 0 rings (SSSR count). The lowest BCUT2D eigenvalue weighted by Crippen LogP contribution is -2.40. The van der Waals surface area contributed by atoms with Crippen molar-refractivity contribution in [2.24, 2.45) is 0 Å². The number of hydrogen-bond donors (Lipinski definition) is 0. The fourth-order valence-electron chi connectivity index (χ4n) is 0.0958. The van der Waals surface area contributed by atoms with E-state index < -0.39 is 0 Å². The van der Waals surface area contributed by atoms with E-state index in [1.54, 1.807) is 0 Å². The van der Waals surface area contributed by atoms with E-state index in [0.29, 0.717) is 22.5 Å². The van der Waals surface area contributed by atoms with Crippen molar-refractivity contribution < 1.29 is 4.48 Å². The van der Waals surface area contributed by atoms with Crippen LogP contribution in [0.1, 0.15) is 0 Å². The van der Waals surface area contributed by atoms with Gasteiger partial charge in [-0.3, -0.25) is 4.48 Å². The maximum absolute atomic E-state index is 5.51. The number of halogens is 3. The molecule has 0 aromatic heterocycles. The molecular weight excluding hydrogens is 168 g/mol. The molecule has 0 unspecified atom stereocenters. The van der Waals surface area contributed by atoms with Gasteiger partial charge in [0.05, 0.1) is 7.05 Å². The van der Waals surface area contributed by atoms with E-state index in [2.05, 4.69) is 0 Å². The molecule has 0 aromatic rings.